The lowest BCUT2D eigenvalue weighted by molar-refractivity contribution is -0.0617. The molecular formula is C6H13ClN2O2S. The Hall–Kier alpha value is 0.160. The number of rotatable bonds is 2. The fourth-order valence-corrected chi connectivity index (χ4v) is 3.37. The molecule has 0 unspecified atom stereocenters. The van der Waals surface area contributed by atoms with Crippen molar-refractivity contribution in [3.63, 3.8) is 0 Å². The van der Waals surface area contributed by atoms with Crippen LogP contribution in [0.2, 0.25) is 0 Å². The van der Waals surface area contributed by atoms with E-state index in [1.54, 1.807) is 0 Å². The first kappa shape index (κ1) is 10.2. The van der Waals surface area contributed by atoms with Crippen molar-refractivity contribution < 1.29 is 8.42 Å². The van der Waals surface area contributed by atoms with Gasteiger partial charge in [0, 0.05) is 11.1 Å². The molecule has 0 radical (unpaired) electrons. The highest BCUT2D eigenvalue weighted by atomic mass is 35.5. The third kappa shape index (κ3) is 1.46. The summed E-state index contributed by atoms with van der Waals surface area (Å²) in [5.41, 5.74) is 5.58. The highest BCUT2D eigenvalue weighted by molar-refractivity contribution is 7.88. The normalized spacial score (nSPS) is 43.8. The molecule has 72 valence electrons. The van der Waals surface area contributed by atoms with E-state index in [2.05, 4.69) is 4.72 Å². The average molecular weight is 213 g/mol. The SMILES string of the molecule is CS(=O)(=O)NC12CC(N)(C1)C2.Cl. The lowest BCUT2D eigenvalue weighted by Gasteiger charge is -2.68. The molecule has 0 aromatic rings. The van der Waals surface area contributed by atoms with E-state index in [9.17, 15) is 8.42 Å². The van der Waals surface area contributed by atoms with Crippen LogP contribution in [0.4, 0.5) is 0 Å². The summed E-state index contributed by atoms with van der Waals surface area (Å²) in [7, 11) is -3.04. The van der Waals surface area contributed by atoms with E-state index >= 15 is 0 Å². The lowest BCUT2D eigenvalue weighted by Crippen LogP contribution is -2.82. The van der Waals surface area contributed by atoms with Crippen molar-refractivity contribution in [2.45, 2.75) is 30.3 Å². The van der Waals surface area contributed by atoms with Gasteiger partial charge in [0.2, 0.25) is 10.0 Å². The summed E-state index contributed by atoms with van der Waals surface area (Å²) in [6.07, 6.45) is 3.63. The van der Waals surface area contributed by atoms with Gasteiger partial charge in [-0.05, 0) is 19.3 Å². The Labute approximate surface area is 78.4 Å². The largest absolute Gasteiger partial charge is 0.325 e. The molecule has 3 saturated carbocycles. The molecule has 2 bridgehead atoms. The molecule has 3 rings (SSSR count). The predicted molar refractivity (Wildman–Crippen MR) is 48.7 cm³/mol. The molecule has 0 saturated heterocycles. The molecule has 6 heteroatoms. The Bertz CT molecular complexity index is 281. The van der Waals surface area contributed by atoms with Gasteiger partial charge in [0.05, 0.1) is 6.26 Å². The summed E-state index contributed by atoms with van der Waals surface area (Å²) in [5.74, 6) is 0. The van der Waals surface area contributed by atoms with E-state index in [0.29, 0.717) is 0 Å². The number of nitrogens with one attached hydrogen (secondary N) is 1. The van der Waals surface area contributed by atoms with Crippen molar-refractivity contribution >= 4 is 22.4 Å². The fraction of sp³-hybridized carbons (Fsp3) is 1.00. The zero-order valence-electron chi connectivity index (χ0n) is 6.83. The molecule has 3 aliphatic carbocycles. The predicted octanol–water partition coefficient (Wildman–Crippen LogP) is -0.409. The molecular weight excluding hydrogens is 200 g/mol. The highest BCUT2D eigenvalue weighted by Gasteiger charge is 2.66. The summed E-state index contributed by atoms with van der Waals surface area (Å²) < 4.78 is 24.2. The van der Waals surface area contributed by atoms with Gasteiger partial charge >= 0.3 is 0 Å². The second kappa shape index (κ2) is 2.35. The summed E-state index contributed by atoms with van der Waals surface area (Å²) in [5, 5.41) is 0. The van der Waals surface area contributed by atoms with Crippen molar-refractivity contribution in [1.29, 1.82) is 0 Å². The van der Waals surface area contributed by atoms with E-state index in [-0.39, 0.29) is 23.5 Å². The lowest BCUT2D eigenvalue weighted by atomic mass is 9.45. The molecule has 0 atom stereocenters. The summed E-state index contributed by atoms with van der Waals surface area (Å²) in [6, 6.07) is 0. The van der Waals surface area contributed by atoms with Gasteiger partial charge in [0.25, 0.3) is 0 Å². The maximum absolute atomic E-state index is 10.8. The molecule has 3 fully saturated rings. The zero-order chi connectivity index (χ0) is 8.33. The molecule has 0 heterocycles. The van der Waals surface area contributed by atoms with Crippen LogP contribution in [0.5, 0.6) is 0 Å². The molecule has 3 aliphatic rings. The minimum absolute atomic E-state index is 0. The van der Waals surface area contributed by atoms with Crippen molar-refractivity contribution in [2.75, 3.05) is 6.26 Å². The topological polar surface area (TPSA) is 72.2 Å². The smallest absolute Gasteiger partial charge is 0.209 e. The standard InChI is InChI=1S/C6H12N2O2S.ClH/c1-11(9,10)8-6-2-5(7,3-6)4-6;/h8H,2-4,7H2,1H3;1H. The van der Waals surface area contributed by atoms with E-state index in [4.69, 9.17) is 5.73 Å². The Kier molecular flexibility index (Phi) is 2.00. The van der Waals surface area contributed by atoms with Crippen LogP contribution in [0, 0.1) is 0 Å². The van der Waals surface area contributed by atoms with Crippen molar-refractivity contribution in [2.24, 2.45) is 5.73 Å². The van der Waals surface area contributed by atoms with Crippen LogP contribution in [0.1, 0.15) is 19.3 Å². The van der Waals surface area contributed by atoms with Gasteiger partial charge in [-0.1, -0.05) is 0 Å². The van der Waals surface area contributed by atoms with Crippen LogP contribution in [0.15, 0.2) is 0 Å². The minimum Gasteiger partial charge on any atom is -0.325 e. The van der Waals surface area contributed by atoms with E-state index < -0.39 is 10.0 Å². The average Bonchev–Trinajstić information content (AvgIpc) is 1.53. The van der Waals surface area contributed by atoms with E-state index in [1.165, 1.54) is 6.26 Å². The first-order valence-corrected chi connectivity index (χ1v) is 5.50. The van der Waals surface area contributed by atoms with Gasteiger partial charge in [-0.15, -0.1) is 12.4 Å². The Morgan fingerprint density at radius 2 is 1.75 bits per heavy atom. The quantitative estimate of drug-likeness (QED) is 0.654. The molecule has 0 aromatic carbocycles. The highest BCUT2D eigenvalue weighted by Crippen LogP contribution is 2.58. The van der Waals surface area contributed by atoms with Gasteiger partial charge < -0.3 is 5.73 Å². The van der Waals surface area contributed by atoms with Gasteiger partial charge in [-0.3, -0.25) is 0 Å². The summed E-state index contributed by atoms with van der Waals surface area (Å²) in [4.78, 5) is 0. The number of nitrogens with two attached hydrogens (primary N) is 1. The van der Waals surface area contributed by atoms with Gasteiger partial charge in [-0.2, -0.15) is 0 Å². The van der Waals surface area contributed by atoms with Crippen molar-refractivity contribution in [3.8, 4) is 0 Å². The number of sulfonamides is 1. The molecule has 0 aliphatic heterocycles. The van der Waals surface area contributed by atoms with E-state index in [0.717, 1.165) is 19.3 Å². The van der Waals surface area contributed by atoms with Gasteiger partial charge in [-0.25, -0.2) is 13.1 Å². The van der Waals surface area contributed by atoms with Crippen LogP contribution in [0.3, 0.4) is 0 Å². The van der Waals surface area contributed by atoms with Crippen LogP contribution in [-0.4, -0.2) is 25.8 Å². The summed E-state index contributed by atoms with van der Waals surface area (Å²) >= 11 is 0. The van der Waals surface area contributed by atoms with Crippen molar-refractivity contribution in [3.05, 3.63) is 0 Å². The van der Waals surface area contributed by atoms with Crippen LogP contribution >= 0.6 is 12.4 Å². The minimum atomic E-state index is -3.04. The molecule has 0 amide bonds. The number of halogens is 1. The van der Waals surface area contributed by atoms with Gasteiger partial charge in [0.1, 0.15) is 0 Å². The first-order chi connectivity index (χ1) is 4.83. The second-order valence-electron chi connectivity index (χ2n) is 4.05. The fourth-order valence-electron chi connectivity index (χ4n) is 2.37. The van der Waals surface area contributed by atoms with Crippen LogP contribution in [-0.2, 0) is 10.0 Å². The molecule has 12 heavy (non-hydrogen) atoms. The maximum Gasteiger partial charge on any atom is 0.209 e. The Balaban J connectivity index is 0.000000720. The molecule has 4 nitrogen and oxygen atoms in total. The Morgan fingerprint density at radius 1 is 1.33 bits per heavy atom. The number of hydrogen-bond acceptors (Lipinski definition) is 3. The third-order valence-electron chi connectivity index (χ3n) is 2.47. The van der Waals surface area contributed by atoms with Crippen LogP contribution < -0.4 is 10.5 Å². The summed E-state index contributed by atoms with van der Waals surface area (Å²) in [6.45, 7) is 0. The van der Waals surface area contributed by atoms with Crippen molar-refractivity contribution in [1.82, 2.24) is 4.72 Å². The maximum atomic E-state index is 10.8. The zero-order valence-corrected chi connectivity index (χ0v) is 8.46. The Morgan fingerprint density at radius 3 is 2.00 bits per heavy atom. The monoisotopic (exact) mass is 212 g/mol. The van der Waals surface area contributed by atoms with Gasteiger partial charge in [0.15, 0.2) is 0 Å². The molecule has 0 aromatic heterocycles. The molecule has 3 N–H and O–H groups in total. The van der Waals surface area contributed by atoms with E-state index in [1.807, 2.05) is 0 Å². The second-order valence-corrected chi connectivity index (χ2v) is 5.80. The first-order valence-electron chi connectivity index (χ1n) is 3.61. The molecule has 0 spiro atoms. The number of hydrogen-bond donors (Lipinski definition) is 2. The van der Waals surface area contributed by atoms with Crippen LogP contribution in [0.25, 0.3) is 0 Å². The third-order valence-corrected chi connectivity index (χ3v) is 3.28.